The Hall–Kier alpha value is -2.15. The van der Waals surface area contributed by atoms with Crippen molar-refractivity contribution in [1.29, 1.82) is 0 Å². The molecule has 1 aromatic carbocycles. The molecular weight excluding hydrogens is 409 g/mol. The number of ether oxygens (including phenoxy) is 1. The van der Waals surface area contributed by atoms with Gasteiger partial charge in [-0.25, -0.2) is 9.18 Å². The Bertz CT molecular complexity index is 985. The first kappa shape index (κ1) is 20.5. The van der Waals surface area contributed by atoms with Gasteiger partial charge < -0.3 is 10.1 Å². The van der Waals surface area contributed by atoms with Crippen LogP contribution in [0.15, 0.2) is 18.2 Å². The molecule has 4 fully saturated rings. The van der Waals surface area contributed by atoms with Gasteiger partial charge >= 0.3 is 6.09 Å². The lowest BCUT2D eigenvalue weighted by atomic mass is 9.81. The lowest BCUT2D eigenvalue weighted by Crippen LogP contribution is -2.36. The summed E-state index contributed by atoms with van der Waals surface area (Å²) in [6.07, 6.45) is 6.24. The van der Waals surface area contributed by atoms with E-state index in [2.05, 4.69) is 10.2 Å². The van der Waals surface area contributed by atoms with Crippen LogP contribution in [0.1, 0.15) is 69.5 Å². The van der Waals surface area contributed by atoms with Gasteiger partial charge in [0, 0.05) is 24.9 Å². The predicted octanol–water partition coefficient (Wildman–Crippen LogP) is 3.50. The number of nitrogens with zero attached hydrogens (tertiary/aromatic N) is 2. The summed E-state index contributed by atoms with van der Waals surface area (Å²) >= 11 is 0. The molecule has 2 saturated carbocycles. The van der Waals surface area contributed by atoms with Crippen LogP contribution < -0.4 is 5.32 Å². The lowest BCUT2D eigenvalue weighted by molar-refractivity contribution is -0.119. The Balaban J connectivity index is 1.21. The molecule has 2 aliphatic heterocycles. The maximum absolute atomic E-state index is 14.0. The first-order chi connectivity index (χ1) is 15.4. The number of carbonyl (C=O) groups excluding carboxylic acids is 2. The standard InChI is InChI=1S/C25H32FN3O3/c1-3-32-23(31)29-22-7-4-16-10-18(12-25(16,22)29)28-9-8-24(14-28)13-21(27-15(2)30)19-11-17(26)5-6-20(19)24/h5-6,11,16,18,21-22H,3-4,7-10,12-14H2,1-2H3,(H,27,30)/t16?,18?,21-,22?,24?,25?,29?/m0/s1. The summed E-state index contributed by atoms with van der Waals surface area (Å²) in [6.45, 7) is 5.78. The molecule has 0 radical (unpaired) electrons. The van der Waals surface area contributed by atoms with Crippen molar-refractivity contribution >= 4 is 12.0 Å². The second-order valence-electron chi connectivity index (χ2n) is 10.6. The first-order valence-corrected chi connectivity index (χ1v) is 12.1. The van der Waals surface area contributed by atoms with Crippen LogP contribution in [0.5, 0.6) is 0 Å². The third-order valence-corrected chi connectivity index (χ3v) is 9.18. The number of piperidine rings is 1. The quantitative estimate of drug-likeness (QED) is 0.730. The van der Waals surface area contributed by atoms with Crippen LogP contribution in [0.4, 0.5) is 9.18 Å². The molecule has 2 heterocycles. The molecule has 5 aliphatic rings. The SMILES string of the molecule is CCOC(=O)N1C2CCC3CC(N4CCC5(C[C@H](NC(C)=O)c6cc(F)ccc65)C4)CC321. The van der Waals surface area contributed by atoms with Gasteiger partial charge in [0.2, 0.25) is 5.91 Å². The molecule has 6 nitrogen and oxygen atoms in total. The smallest absolute Gasteiger partial charge is 0.410 e. The van der Waals surface area contributed by atoms with Crippen molar-refractivity contribution in [3.05, 3.63) is 35.1 Å². The van der Waals surface area contributed by atoms with Crippen molar-refractivity contribution in [2.24, 2.45) is 5.92 Å². The van der Waals surface area contributed by atoms with E-state index >= 15 is 0 Å². The molecule has 0 aromatic heterocycles. The molecule has 2 saturated heterocycles. The molecule has 172 valence electrons. The van der Waals surface area contributed by atoms with Crippen molar-refractivity contribution in [2.45, 2.75) is 81.5 Å². The van der Waals surface area contributed by atoms with E-state index in [9.17, 15) is 14.0 Å². The average molecular weight is 442 g/mol. The number of halogens is 1. The highest BCUT2D eigenvalue weighted by Crippen LogP contribution is 2.65. The highest BCUT2D eigenvalue weighted by atomic mass is 19.1. The number of hydrogen-bond acceptors (Lipinski definition) is 4. The van der Waals surface area contributed by atoms with E-state index in [0.717, 1.165) is 50.8 Å². The van der Waals surface area contributed by atoms with Crippen LogP contribution >= 0.6 is 0 Å². The Morgan fingerprint density at radius 3 is 2.91 bits per heavy atom. The van der Waals surface area contributed by atoms with Crippen molar-refractivity contribution in [3.8, 4) is 0 Å². The predicted molar refractivity (Wildman–Crippen MR) is 117 cm³/mol. The minimum Gasteiger partial charge on any atom is -0.450 e. The van der Waals surface area contributed by atoms with Crippen LogP contribution in [-0.4, -0.2) is 59.1 Å². The zero-order chi connectivity index (χ0) is 22.3. The molecule has 6 rings (SSSR count). The highest BCUT2D eigenvalue weighted by molar-refractivity contribution is 5.75. The maximum atomic E-state index is 14.0. The molecule has 7 heteroatoms. The topological polar surface area (TPSA) is 61.7 Å². The summed E-state index contributed by atoms with van der Waals surface area (Å²) < 4.78 is 19.4. The Labute approximate surface area is 188 Å². The van der Waals surface area contributed by atoms with E-state index in [1.807, 2.05) is 17.9 Å². The van der Waals surface area contributed by atoms with Crippen LogP contribution in [0.25, 0.3) is 0 Å². The number of carbonyl (C=O) groups is 2. The minimum atomic E-state index is -0.243. The van der Waals surface area contributed by atoms with E-state index in [0.29, 0.717) is 24.6 Å². The maximum Gasteiger partial charge on any atom is 0.410 e. The minimum absolute atomic E-state index is 0.0299. The third kappa shape index (κ3) is 2.72. The number of likely N-dealkylation sites (tertiary alicyclic amines) is 2. The first-order valence-electron chi connectivity index (χ1n) is 12.1. The summed E-state index contributed by atoms with van der Waals surface area (Å²) in [4.78, 5) is 29.0. The largest absolute Gasteiger partial charge is 0.450 e. The molecule has 3 aliphatic carbocycles. The van der Waals surface area contributed by atoms with Gasteiger partial charge in [0.15, 0.2) is 0 Å². The van der Waals surface area contributed by atoms with Gasteiger partial charge in [-0.05, 0) is 81.2 Å². The van der Waals surface area contributed by atoms with Crippen molar-refractivity contribution in [3.63, 3.8) is 0 Å². The molecule has 6 atom stereocenters. The van der Waals surface area contributed by atoms with Gasteiger partial charge in [0.1, 0.15) is 5.82 Å². The number of rotatable bonds is 3. The summed E-state index contributed by atoms with van der Waals surface area (Å²) in [5, 5.41) is 3.05. The zero-order valence-corrected chi connectivity index (χ0v) is 18.9. The van der Waals surface area contributed by atoms with E-state index in [4.69, 9.17) is 4.74 Å². The van der Waals surface area contributed by atoms with Crippen LogP contribution in [0, 0.1) is 11.7 Å². The van der Waals surface area contributed by atoms with E-state index in [-0.39, 0.29) is 34.8 Å². The second-order valence-corrected chi connectivity index (χ2v) is 10.6. The van der Waals surface area contributed by atoms with Gasteiger partial charge in [0.05, 0.1) is 24.2 Å². The monoisotopic (exact) mass is 441 g/mol. The van der Waals surface area contributed by atoms with E-state index in [1.54, 1.807) is 12.1 Å². The Morgan fingerprint density at radius 2 is 2.12 bits per heavy atom. The molecule has 2 spiro atoms. The lowest BCUT2D eigenvalue weighted by Gasteiger charge is -2.29. The fraction of sp³-hybridized carbons (Fsp3) is 0.680. The fourth-order valence-corrected chi connectivity index (χ4v) is 8.04. The molecule has 2 amide bonds. The molecule has 1 N–H and O–H groups in total. The van der Waals surface area contributed by atoms with Crippen LogP contribution in [0.2, 0.25) is 0 Å². The van der Waals surface area contributed by atoms with Gasteiger partial charge in [-0.15, -0.1) is 0 Å². The van der Waals surface area contributed by atoms with Gasteiger partial charge in [0.25, 0.3) is 0 Å². The number of hydrogen-bond donors (Lipinski definition) is 1. The molecular formula is C25H32FN3O3. The Kier molecular flexibility index (Phi) is 4.43. The van der Waals surface area contributed by atoms with Crippen molar-refractivity contribution in [2.75, 3.05) is 19.7 Å². The fourth-order valence-electron chi connectivity index (χ4n) is 8.04. The van der Waals surface area contributed by atoms with Gasteiger partial charge in [-0.2, -0.15) is 0 Å². The van der Waals surface area contributed by atoms with Crippen molar-refractivity contribution in [1.82, 2.24) is 15.1 Å². The normalized spacial score (nSPS) is 39.2. The Morgan fingerprint density at radius 1 is 1.28 bits per heavy atom. The molecule has 5 unspecified atom stereocenters. The number of amides is 2. The highest BCUT2D eigenvalue weighted by Gasteiger charge is 2.75. The van der Waals surface area contributed by atoms with E-state index < -0.39 is 0 Å². The number of nitrogens with one attached hydrogen (secondary N) is 1. The molecule has 0 bridgehead atoms. The van der Waals surface area contributed by atoms with Gasteiger partial charge in [-0.1, -0.05) is 6.07 Å². The van der Waals surface area contributed by atoms with Crippen LogP contribution in [-0.2, 0) is 14.9 Å². The summed E-state index contributed by atoms with van der Waals surface area (Å²) in [6, 6.07) is 5.84. The average Bonchev–Trinajstić information content (AvgIpc) is 3.17. The number of benzene rings is 1. The zero-order valence-electron chi connectivity index (χ0n) is 18.9. The molecule has 1 aromatic rings. The molecule has 32 heavy (non-hydrogen) atoms. The number of fused-ring (bicyclic) bond motifs is 2. The van der Waals surface area contributed by atoms with Crippen LogP contribution in [0.3, 0.4) is 0 Å². The summed E-state index contributed by atoms with van der Waals surface area (Å²) in [5.41, 5.74) is 2.14. The van der Waals surface area contributed by atoms with Crippen molar-refractivity contribution < 1.29 is 18.7 Å². The second kappa shape index (κ2) is 6.92. The van der Waals surface area contributed by atoms with Gasteiger partial charge in [-0.3, -0.25) is 14.6 Å². The third-order valence-electron chi connectivity index (χ3n) is 9.18. The summed E-state index contributed by atoms with van der Waals surface area (Å²) in [5.74, 6) is 0.266. The van der Waals surface area contributed by atoms with E-state index in [1.165, 1.54) is 18.9 Å². The summed E-state index contributed by atoms with van der Waals surface area (Å²) in [7, 11) is 0.